The highest BCUT2D eigenvalue weighted by Gasteiger charge is 2.29. The number of aryl methyl sites for hydroxylation is 1. The first kappa shape index (κ1) is 26.0. The van der Waals surface area contributed by atoms with Gasteiger partial charge in [0.05, 0.1) is 14.2 Å². The van der Waals surface area contributed by atoms with E-state index < -0.39 is 6.04 Å². The molecule has 0 aliphatic rings. The third kappa shape index (κ3) is 7.70. The molecule has 2 aromatic rings. The van der Waals surface area contributed by atoms with E-state index in [0.29, 0.717) is 36.8 Å². The molecule has 1 unspecified atom stereocenters. The summed E-state index contributed by atoms with van der Waals surface area (Å²) in [6, 6.07) is 12.4. The van der Waals surface area contributed by atoms with Gasteiger partial charge >= 0.3 is 0 Å². The maximum atomic E-state index is 13.3. The molecular formula is C26H36N2O5. The molecule has 0 heterocycles. The number of nitrogens with zero attached hydrogens (tertiary/aromatic N) is 1. The summed E-state index contributed by atoms with van der Waals surface area (Å²) < 4.78 is 16.3. The fourth-order valence-electron chi connectivity index (χ4n) is 3.49. The lowest BCUT2D eigenvalue weighted by atomic mass is 10.1. The van der Waals surface area contributed by atoms with Crippen molar-refractivity contribution in [3.05, 3.63) is 53.6 Å². The topological polar surface area (TPSA) is 77.1 Å². The Morgan fingerprint density at radius 2 is 1.64 bits per heavy atom. The Kier molecular flexibility index (Phi) is 10.5. The van der Waals surface area contributed by atoms with E-state index in [9.17, 15) is 9.59 Å². The summed E-state index contributed by atoms with van der Waals surface area (Å²) in [5.74, 6) is 1.18. The molecule has 0 bridgehead atoms. The summed E-state index contributed by atoms with van der Waals surface area (Å²) in [5, 5.41) is 2.97. The SMILES string of the molecule is CCCCNC(=O)C(CC)N(Cc1ccccc1C)C(=O)COc1cc(OC)cc(OC)c1. The molecule has 0 radical (unpaired) electrons. The van der Waals surface area contributed by atoms with Crippen molar-refractivity contribution in [2.45, 2.75) is 52.6 Å². The first-order chi connectivity index (χ1) is 15.9. The predicted molar refractivity (Wildman–Crippen MR) is 129 cm³/mol. The molecule has 0 aliphatic heterocycles. The molecule has 0 saturated heterocycles. The minimum Gasteiger partial charge on any atom is -0.496 e. The van der Waals surface area contributed by atoms with Gasteiger partial charge in [-0.05, 0) is 30.9 Å². The van der Waals surface area contributed by atoms with Gasteiger partial charge in [-0.2, -0.15) is 0 Å². The number of methoxy groups -OCH3 is 2. The van der Waals surface area contributed by atoms with Crippen molar-refractivity contribution in [1.82, 2.24) is 10.2 Å². The van der Waals surface area contributed by atoms with Gasteiger partial charge in [0.2, 0.25) is 5.91 Å². The molecule has 1 N–H and O–H groups in total. The number of nitrogens with one attached hydrogen (secondary N) is 1. The van der Waals surface area contributed by atoms with Crippen molar-refractivity contribution < 1.29 is 23.8 Å². The van der Waals surface area contributed by atoms with Crippen molar-refractivity contribution in [3.8, 4) is 17.2 Å². The van der Waals surface area contributed by atoms with E-state index in [-0.39, 0.29) is 18.4 Å². The van der Waals surface area contributed by atoms with Gasteiger partial charge < -0.3 is 24.4 Å². The molecule has 0 spiro atoms. The summed E-state index contributed by atoms with van der Waals surface area (Å²) in [6.07, 6.45) is 2.39. The molecule has 33 heavy (non-hydrogen) atoms. The number of carbonyl (C=O) groups is 2. The highest BCUT2D eigenvalue weighted by atomic mass is 16.5. The number of benzene rings is 2. The number of hydrogen-bond donors (Lipinski definition) is 1. The highest BCUT2D eigenvalue weighted by molar-refractivity contribution is 5.88. The van der Waals surface area contributed by atoms with Gasteiger partial charge in [0, 0.05) is 31.3 Å². The van der Waals surface area contributed by atoms with Crippen LogP contribution in [0.3, 0.4) is 0 Å². The van der Waals surface area contributed by atoms with Crippen LogP contribution in [0.5, 0.6) is 17.2 Å². The van der Waals surface area contributed by atoms with Crippen LogP contribution in [0.25, 0.3) is 0 Å². The maximum absolute atomic E-state index is 13.3. The zero-order valence-electron chi connectivity index (χ0n) is 20.3. The van der Waals surface area contributed by atoms with Crippen LogP contribution in [0.2, 0.25) is 0 Å². The fraction of sp³-hybridized carbons (Fsp3) is 0.462. The molecule has 2 rings (SSSR count). The molecule has 7 heteroatoms. The summed E-state index contributed by atoms with van der Waals surface area (Å²) in [6.45, 7) is 6.70. The molecule has 2 aromatic carbocycles. The summed E-state index contributed by atoms with van der Waals surface area (Å²) >= 11 is 0. The van der Waals surface area contributed by atoms with Crippen molar-refractivity contribution in [3.63, 3.8) is 0 Å². The molecule has 0 aromatic heterocycles. The molecule has 0 aliphatic carbocycles. The van der Waals surface area contributed by atoms with Gasteiger partial charge in [0.15, 0.2) is 6.61 Å². The molecular weight excluding hydrogens is 420 g/mol. The largest absolute Gasteiger partial charge is 0.496 e. The van der Waals surface area contributed by atoms with E-state index in [4.69, 9.17) is 14.2 Å². The van der Waals surface area contributed by atoms with Crippen molar-refractivity contribution >= 4 is 11.8 Å². The lowest BCUT2D eigenvalue weighted by Gasteiger charge is -2.31. The van der Waals surface area contributed by atoms with Crippen molar-refractivity contribution in [1.29, 1.82) is 0 Å². The maximum Gasteiger partial charge on any atom is 0.261 e. The number of amides is 2. The van der Waals surface area contributed by atoms with E-state index in [2.05, 4.69) is 12.2 Å². The van der Waals surface area contributed by atoms with E-state index in [1.54, 1.807) is 37.3 Å². The zero-order chi connectivity index (χ0) is 24.2. The smallest absolute Gasteiger partial charge is 0.261 e. The van der Waals surface area contributed by atoms with Crippen molar-refractivity contribution in [2.24, 2.45) is 0 Å². The number of unbranched alkanes of at least 4 members (excludes halogenated alkanes) is 1. The van der Waals surface area contributed by atoms with Crippen LogP contribution < -0.4 is 19.5 Å². The molecule has 1 atom stereocenters. The van der Waals surface area contributed by atoms with Crippen LogP contribution in [0, 0.1) is 6.92 Å². The minimum atomic E-state index is -0.586. The number of ether oxygens (including phenoxy) is 3. The Hall–Kier alpha value is -3.22. The average Bonchev–Trinajstić information content (AvgIpc) is 2.83. The average molecular weight is 457 g/mol. The number of hydrogen-bond acceptors (Lipinski definition) is 5. The molecule has 0 saturated carbocycles. The van der Waals surface area contributed by atoms with E-state index in [0.717, 1.165) is 24.0 Å². The van der Waals surface area contributed by atoms with Gasteiger partial charge in [-0.25, -0.2) is 0 Å². The summed E-state index contributed by atoms with van der Waals surface area (Å²) in [7, 11) is 3.10. The van der Waals surface area contributed by atoms with Crippen molar-refractivity contribution in [2.75, 3.05) is 27.4 Å². The zero-order valence-corrected chi connectivity index (χ0v) is 20.3. The van der Waals surface area contributed by atoms with Crippen LogP contribution in [0.15, 0.2) is 42.5 Å². The Labute approximate surface area is 197 Å². The Balaban J connectivity index is 2.23. The Bertz CT molecular complexity index is 893. The van der Waals surface area contributed by atoms with E-state index >= 15 is 0 Å². The Morgan fingerprint density at radius 1 is 1.00 bits per heavy atom. The minimum absolute atomic E-state index is 0.143. The number of rotatable bonds is 13. The standard InChI is InChI=1S/C26H36N2O5/c1-6-8-13-27-26(30)24(7-2)28(17-20-12-10-9-11-19(20)3)25(29)18-33-23-15-21(31-4)14-22(16-23)32-5/h9-12,14-16,24H,6-8,13,17-18H2,1-5H3,(H,27,30). The van der Waals surface area contributed by atoms with Crippen LogP contribution in [0.1, 0.15) is 44.2 Å². The van der Waals surface area contributed by atoms with Crippen LogP contribution in [-0.2, 0) is 16.1 Å². The molecule has 7 nitrogen and oxygen atoms in total. The van der Waals surface area contributed by atoms with E-state index in [1.807, 2.05) is 38.1 Å². The first-order valence-corrected chi connectivity index (χ1v) is 11.4. The van der Waals surface area contributed by atoms with Crippen LogP contribution in [-0.4, -0.2) is 50.1 Å². The third-order valence-electron chi connectivity index (χ3n) is 5.50. The van der Waals surface area contributed by atoms with Gasteiger partial charge in [-0.1, -0.05) is 44.5 Å². The van der Waals surface area contributed by atoms with Crippen LogP contribution in [0.4, 0.5) is 0 Å². The second kappa shape index (κ2) is 13.4. The lowest BCUT2D eigenvalue weighted by molar-refractivity contribution is -0.143. The molecule has 2 amide bonds. The highest BCUT2D eigenvalue weighted by Crippen LogP contribution is 2.27. The normalized spacial score (nSPS) is 11.4. The Morgan fingerprint density at radius 3 is 2.21 bits per heavy atom. The third-order valence-corrected chi connectivity index (χ3v) is 5.50. The van der Waals surface area contributed by atoms with E-state index in [1.165, 1.54) is 0 Å². The first-order valence-electron chi connectivity index (χ1n) is 11.4. The summed E-state index contributed by atoms with van der Waals surface area (Å²) in [5.41, 5.74) is 2.06. The quantitative estimate of drug-likeness (QED) is 0.459. The number of carbonyl (C=O) groups excluding carboxylic acids is 2. The fourth-order valence-corrected chi connectivity index (χ4v) is 3.49. The lowest BCUT2D eigenvalue weighted by Crippen LogP contribution is -2.50. The van der Waals surface area contributed by atoms with Gasteiger partial charge in [0.25, 0.3) is 5.91 Å². The second-order valence-corrected chi connectivity index (χ2v) is 7.85. The van der Waals surface area contributed by atoms with Gasteiger partial charge in [-0.3, -0.25) is 9.59 Å². The molecule has 0 fully saturated rings. The van der Waals surface area contributed by atoms with Gasteiger partial charge in [0.1, 0.15) is 23.3 Å². The molecule has 180 valence electrons. The van der Waals surface area contributed by atoms with Gasteiger partial charge in [-0.15, -0.1) is 0 Å². The predicted octanol–water partition coefficient (Wildman–Crippen LogP) is 4.11. The van der Waals surface area contributed by atoms with Crippen LogP contribution >= 0.6 is 0 Å². The second-order valence-electron chi connectivity index (χ2n) is 7.85. The summed E-state index contributed by atoms with van der Waals surface area (Å²) in [4.78, 5) is 27.9. The monoisotopic (exact) mass is 456 g/mol.